The van der Waals surface area contributed by atoms with Crippen molar-refractivity contribution in [1.82, 2.24) is 0 Å². The summed E-state index contributed by atoms with van der Waals surface area (Å²) in [4.78, 5) is 0. The van der Waals surface area contributed by atoms with E-state index in [1.165, 1.54) is 16.7 Å². The predicted molar refractivity (Wildman–Crippen MR) is 94.1 cm³/mol. The Morgan fingerprint density at radius 3 is 2.29 bits per heavy atom. The minimum Gasteiger partial charge on any atom is -0.0918 e. The largest absolute Gasteiger partial charge is 0.0918 e. The standard InChI is InChI=1S/C21H22/c1-18-10-8-6-4-3-5-7-9-11-20(15-12-18)21-16-13-19(2)14-17-21/h4,6-17H,1,3,5H2,2H3/b6-4-,9-7-,10-8-,15-12?,20-11+. The molecule has 1 aliphatic rings. The molecule has 1 aromatic carbocycles. The molecule has 2 rings (SSSR count). The number of hydrogen-bond acceptors (Lipinski definition) is 0. The predicted octanol–water partition coefficient (Wildman–Crippen LogP) is 5.95. The fraction of sp³-hybridized carbons (Fsp3) is 0.143. The summed E-state index contributed by atoms with van der Waals surface area (Å²) in [5, 5.41) is 0. The Kier molecular flexibility index (Phi) is 5.78. The van der Waals surface area contributed by atoms with Crippen molar-refractivity contribution in [2.24, 2.45) is 0 Å². The van der Waals surface area contributed by atoms with E-state index in [1.54, 1.807) is 0 Å². The topological polar surface area (TPSA) is 0 Å². The van der Waals surface area contributed by atoms with Crippen molar-refractivity contribution in [3.8, 4) is 0 Å². The summed E-state index contributed by atoms with van der Waals surface area (Å²) < 4.78 is 0. The van der Waals surface area contributed by atoms with E-state index in [-0.39, 0.29) is 0 Å². The molecular weight excluding hydrogens is 252 g/mol. The van der Waals surface area contributed by atoms with Gasteiger partial charge in [0.05, 0.1) is 0 Å². The van der Waals surface area contributed by atoms with E-state index in [0.29, 0.717) is 0 Å². The minimum absolute atomic E-state index is 1.00. The van der Waals surface area contributed by atoms with Gasteiger partial charge in [0, 0.05) is 0 Å². The van der Waals surface area contributed by atoms with Crippen LogP contribution in [-0.4, -0.2) is 0 Å². The van der Waals surface area contributed by atoms with Gasteiger partial charge in [0.1, 0.15) is 0 Å². The van der Waals surface area contributed by atoms with Crippen molar-refractivity contribution in [2.75, 3.05) is 0 Å². The monoisotopic (exact) mass is 274 g/mol. The van der Waals surface area contributed by atoms with Crippen molar-refractivity contribution in [3.05, 3.63) is 102 Å². The SMILES string of the molecule is C=C1C=C/C(c2ccc(C)cc2)=C\C=C/CC/C=C\C=C/1. The highest BCUT2D eigenvalue weighted by atomic mass is 14.0. The van der Waals surface area contributed by atoms with Gasteiger partial charge in [-0.1, -0.05) is 91.1 Å². The van der Waals surface area contributed by atoms with Crippen LogP contribution < -0.4 is 0 Å². The smallest absolute Gasteiger partial charge is 0.0184 e. The van der Waals surface area contributed by atoms with Gasteiger partial charge in [-0.2, -0.15) is 0 Å². The first kappa shape index (κ1) is 15.1. The van der Waals surface area contributed by atoms with Gasteiger partial charge in [-0.25, -0.2) is 0 Å². The van der Waals surface area contributed by atoms with Crippen LogP contribution in [-0.2, 0) is 0 Å². The van der Waals surface area contributed by atoms with E-state index in [2.05, 4.69) is 80.3 Å². The quantitative estimate of drug-likeness (QED) is 0.593. The van der Waals surface area contributed by atoms with Crippen LogP contribution in [0.2, 0.25) is 0 Å². The second-order valence-electron chi connectivity index (χ2n) is 5.19. The van der Waals surface area contributed by atoms with Gasteiger partial charge in [-0.05, 0) is 36.5 Å². The molecule has 0 aromatic heterocycles. The first-order chi connectivity index (χ1) is 10.3. The Morgan fingerprint density at radius 1 is 0.810 bits per heavy atom. The van der Waals surface area contributed by atoms with Crippen LogP contribution in [0.1, 0.15) is 24.0 Å². The van der Waals surface area contributed by atoms with E-state index < -0.39 is 0 Å². The number of aryl methyl sites for hydroxylation is 1. The van der Waals surface area contributed by atoms with Crippen LogP contribution in [0.25, 0.3) is 5.57 Å². The van der Waals surface area contributed by atoms with Crippen LogP contribution in [0, 0.1) is 6.92 Å². The van der Waals surface area contributed by atoms with Gasteiger partial charge in [0.25, 0.3) is 0 Å². The molecule has 0 heterocycles. The normalized spacial score (nSPS) is 23.1. The molecule has 0 saturated heterocycles. The van der Waals surface area contributed by atoms with E-state index in [4.69, 9.17) is 0 Å². The van der Waals surface area contributed by atoms with Crippen LogP contribution in [0.15, 0.2) is 91.1 Å². The van der Waals surface area contributed by atoms with Crippen molar-refractivity contribution in [1.29, 1.82) is 0 Å². The first-order valence-corrected chi connectivity index (χ1v) is 7.40. The van der Waals surface area contributed by atoms with Crippen molar-refractivity contribution in [2.45, 2.75) is 19.8 Å². The van der Waals surface area contributed by atoms with E-state index in [0.717, 1.165) is 18.4 Å². The third-order valence-electron chi connectivity index (χ3n) is 3.33. The Labute approximate surface area is 128 Å². The second kappa shape index (κ2) is 8.06. The maximum Gasteiger partial charge on any atom is -0.0184 e. The highest BCUT2D eigenvalue weighted by Crippen LogP contribution is 2.18. The van der Waals surface area contributed by atoms with Gasteiger partial charge in [0.2, 0.25) is 0 Å². The lowest BCUT2D eigenvalue weighted by molar-refractivity contribution is 1.05. The molecule has 0 heteroatoms. The van der Waals surface area contributed by atoms with Crippen LogP contribution in [0.4, 0.5) is 0 Å². The lowest BCUT2D eigenvalue weighted by Crippen LogP contribution is -1.82. The van der Waals surface area contributed by atoms with E-state index in [1.807, 2.05) is 12.2 Å². The lowest BCUT2D eigenvalue weighted by Gasteiger charge is -2.03. The van der Waals surface area contributed by atoms with Gasteiger partial charge in [-0.3, -0.25) is 0 Å². The second-order valence-corrected chi connectivity index (χ2v) is 5.19. The third kappa shape index (κ3) is 5.27. The summed E-state index contributed by atoms with van der Waals surface area (Å²) in [5.41, 5.74) is 4.71. The number of allylic oxidation sites excluding steroid dienone is 11. The first-order valence-electron chi connectivity index (χ1n) is 7.40. The van der Waals surface area contributed by atoms with Crippen molar-refractivity contribution in [3.63, 3.8) is 0 Å². The van der Waals surface area contributed by atoms with Gasteiger partial charge >= 0.3 is 0 Å². The fourth-order valence-electron chi connectivity index (χ4n) is 2.06. The molecule has 0 aliphatic heterocycles. The molecule has 1 aromatic rings. The highest BCUT2D eigenvalue weighted by Gasteiger charge is 1.97. The Bertz CT molecular complexity index is 617. The summed E-state index contributed by atoms with van der Waals surface area (Å²) >= 11 is 0. The summed E-state index contributed by atoms with van der Waals surface area (Å²) in [6, 6.07) is 8.62. The molecule has 0 radical (unpaired) electrons. The van der Waals surface area contributed by atoms with Crippen LogP contribution >= 0.6 is 0 Å². The Hall–Kier alpha value is -2.34. The summed E-state index contributed by atoms with van der Waals surface area (Å²) in [7, 11) is 0. The molecule has 1 aliphatic carbocycles. The molecular formula is C21H22. The molecule has 0 spiro atoms. The van der Waals surface area contributed by atoms with E-state index in [9.17, 15) is 0 Å². The minimum atomic E-state index is 1.00. The maximum atomic E-state index is 4.06. The molecule has 21 heavy (non-hydrogen) atoms. The maximum absolute atomic E-state index is 4.06. The molecule has 0 atom stereocenters. The zero-order valence-electron chi connectivity index (χ0n) is 12.6. The average Bonchev–Trinajstić information content (AvgIpc) is 2.51. The van der Waals surface area contributed by atoms with Crippen LogP contribution in [0.3, 0.4) is 0 Å². The molecule has 106 valence electrons. The van der Waals surface area contributed by atoms with Crippen molar-refractivity contribution < 1.29 is 0 Å². The Balaban J connectivity index is 2.30. The molecule has 0 bridgehead atoms. The molecule has 0 fully saturated rings. The molecule has 0 amide bonds. The molecule has 0 saturated carbocycles. The summed E-state index contributed by atoms with van der Waals surface area (Å²) in [6.07, 6.45) is 21.2. The van der Waals surface area contributed by atoms with Crippen LogP contribution in [0.5, 0.6) is 0 Å². The molecule has 0 N–H and O–H groups in total. The molecule has 0 unspecified atom stereocenters. The summed E-state index contributed by atoms with van der Waals surface area (Å²) in [6.45, 7) is 6.16. The van der Waals surface area contributed by atoms with Gasteiger partial charge in [-0.15, -0.1) is 0 Å². The highest BCUT2D eigenvalue weighted by molar-refractivity contribution is 5.76. The number of benzene rings is 1. The average molecular weight is 274 g/mol. The zero-order chi connectivity index (χ0) is 14.9. The molecule has 0 nitrogen and oxygen atoms in total. The van der Waals surface area contributed by atoms with Crippen molar-refractivity contribution >= 4 is 5.57 Å². The van der Waals surface area contributed by atoms with Gasteiger partial charge < -0.3 is 0 Å². The number of hydrogen-bond donors (Lipinski definition) is 0. The Morgan fingerprint density at radius 2 is 1.52 bits per heavy atom. The summed E-state index contributed by atoms with van der Waals surface area (Å²) in [5.74, 6) is 0. The van der Waals surface area contributed by atoms with E-state index >= 15 is 0 Å². The zero-order valence-corrected chi connectivity index (χ0v) is 12.6. The fourth-order valence-corrected chi connectivity index (χ4v) is 2.06. The van der Waals surface area contributed by atoms with Gasteiger partial charge in [0.15, 0.2) is 0 Å². The third-order valence-corrected chi connectivity index (χ3v) is 3.33. The lowest BCUT2D eigenvalue weighted by atomic mass is 10.0. The number of rotatable bonds is 1.